The van der Waals surface area contributed by atoms with E-state index in [9.17, 15) is 0 Å². The number of rotatable bonds is 25. The summed E-state index contributed by atoms with van der Waals surface area (Å²) in [6, 6.07) is 0. The second-order valence-electron chi connectivity index (χ2n) is 11.3. The molecule has 7 heteroatoms. The van der Waals surface area contributed by atoms with Crippen molar-refractivity contribution in [1.29, 1.82) is 0 Å². The maximum Gasteiger partial charge on any atom is 0.146 e. The van der Waals surface area contributed by atoms with Crippen LogP contribution in [-0.2, 0) is 28.4 Å². The number of aliphatic hydroxyl groups excluding tert-OH is 1. The highest BCUT2D eigenvalue weighted by atomic mass is 16.7. The first-order valence-corrected chi connectivity index (χ1v) is 15.9. The highest BCUT2D eigenvalue weighted by Crippen LogP contribution is 2.36. The van der Waals surface area contributed by atoms with E-state index in [0.29, 0.717) is 6.79 Å². The van der Waals surface area contributed by atoms with Gasteiger partial charge in [0.15, 0.2) is 0 Å². The van der Waals surface area contributed by atoms with E-state index in [4.69, 9.17) is 33.5 Å². The standard InChI is InChI=1S/C31H60O7/c1-4-5-6-7-8-9-10-11-12-14-17-26(35-24-33-2)28-19-21-30(37-28)31-22-20-29(38-31)27(36-25-34-3)18-15-13-16-23-32/h26-32H,4-25H2,1-3H3/t26-,27+,28+,29+,30+,31+/m0/s1. The van der Waals surface area contributed by atoms with Crippen LogP contribution >= 0.6 is 0 Å². The average molecular weight is 545 g/mol. The summed E-state index contributed by atoms with van der Waals surface area (Å²) in [4.78, 5) is 0. The monoisotopic (exact) mass is 544 g/mol. The first-order chi connectivity index (χ1) is 18.7. The number of hydrogen-bond donors (Lipinski definition) is 1. The molecule has 2 saturated heterocycles. The van der Waals surface area contributed by atoms with Gasteiger partial charge < -0.3 is 33.5 Å². The lowest BCUT2D eigenvalue weighted by atomic mass is 10.0. The smallest absolute Gasteiger partial charge is 0.146 e. The molecule has 2 fully saturated rings. The quantitative estimate of drug-likeness (QED) is 0.0987. The summed E-state index contributed by atoms with van der Waals surface area (Å²) in [7, 11) is 3.35. The fraction of sp³-hybridized carbons (Fsp3) is 1.00. The number of aliphatic hydroxyl groups is 1. The van der Waals surface area contributed by atoms with Crippen LogP contribution < -0.4 is 0 Å². The molecule has 7 nitrogen and oxygen atoms in total. The average Bonchev–Trinajstić information content (AvgIpc) is 3.61. The van der Waals surface area contributed by atoms with E-state index in [1.165, 1.54) is 64.2 Å². The van der Waals surface area contributed by atoms with Crippen molar-refractivity contribution in [1.82, 2.24) is 0 Å². The van der Waals surface area contributed by atoms with Gasteiger partial charge in [-0.25, -0.2) is 0 Å². The van der Waals surface area contributed by atoms with Gasteiger partial charge in [0, 0.05) is 20.8 Å². The molecule has 38 heavy (non-hydrogen) atoms. The van der Waals surface area contributed by atoms with Crippen LogP contribution in [0.25, 0.3) is 0 Å². The van der Waals surface area contributed by atoms with Crippen LogP contribution in [0.3, 0.4) is 0 Å². The summed E-state index contributed by atoms with van der Waals surface area (Å²) < 4.78 is 35.6. The van der Waals surface area contributed by atoms with Gasteiger partial charge >= 0.3 is 0 Å². The third-order valence-corrected chi connectivity index (χ3v) is 8.20. The summed E-state index contributed by atoms with van der Waals surface area (Å²) in [6.45, 7) is 3.14. The van der Waals surface area contributed by atoms with E-state index in [-0.39, 0.29) is 50.0 Å². The van der Waals surface area contributed by atoms with E-state index in [0.717, 1.165) is 57.8 Å². The Balaban J connectivity index is 1.71. The topological polar surface area (TPSA) is 75.6 Å². The Labute approximate surface area is 233 Å². The van der Waals surface area contributed by atoms with E-state index >= 15 is 0 Å². The molecule has 0 bridgehead atoms. The molecule has 2 aliphatic rings. The Hall–Kier alpha value is -0.280. The Kier molecular flexibility index (Phi) is 20.0. The Morgan fingerprint density at radius 1 is 0.605 bits per heavy atom. The second-order valence-corrected chi connectivity index (χ2v) is 11.3. The number of hydrogen-bond acceptors (Lipinski definition) is 7. The van der Waals surface area contributed by atoms with Crippen LogP contribution in [0.2, 0.25) is 0 Å². The van der Waals surface area contributed by atoms with Crippen LogP contribution in [0.4, 0.5) is 0 Å². The molecular weight excluding hydrogens is 484 g/mol. The zero-order valence-electron chi connectivity index (χ0n) is 24.9. The van der Waals surface area contributed by atoms with Crippen molar-refractivity contribution >= 4 is 0 Å². The highest BCUT2D eigenvalue weighted by Gasteiger charge is 2.41. The molecule has 0 aliphatic carbocycles. The molecule has 2 aliphatic heterocycles. The van der Waals surface area contributed by atoms with Gasteiger partial charge in [0.25, 0.3) is 0 Å². The van der Waals surface area contributed by atoms with Gasteiger partial charge in [0.2, 0.25) is 0 Å². The van der Waals surface area contributed by atoms with Crippen molar-refractivity contribution in [3.05, 3.63) is 0 Å². The zero-order valence-corrected chi connectivity index (χ0v) is 24.9. The van der Waals surface area contributed by atoms with Crippen LogP contribution in [0, 0.1) is 0 Å². The molecule has 0 aromatic rings. The van der Waals surface area contributed by atoms with Crippen molar-refractivity contribution in [2.45, 2.75) is 166 Å². The predicted octanol–water partition coefficient (Wildman–Crippen LogP) is 6.92. The molecule has 0 saturated carbocycles. The molecular formula is C31H60O7. The van der Waals surface area contributed by atoms with Crippen LogP contribution in [0.1, 0.15) is 129 Å². The van der Waals surface area contributed by atoms with Crippen LogP contribution in [0.15, 0.2) is 0 Å². The van der Waals surface area contributed by atoms with Gasteiger partial charge in [-0.3, -0.25) is 0 Å². The van der Waals surface area contributed by atoms with Crippen molar-refractivity contribution in [3.63, 3.8) is 0 Å². The molecule has 0 aromatic carbocycles. The number of unbranched alkanes of at least 4 members (excludes halogenated alkanes) is 11. The third-order valence-electron chi connectivity index (χ3n) is 8.20. The highest BCUT2D eigenvalue weighted by molar-refractivity contribution is 4.90. The van der Waals surface area contributed by atoms with Crippen molar-refractivity contribution in [2.75, 3.05) is 34.4 Å². The van der Waals surface area contributed by atoms with E-state index in [1.54, 1.807) is 14.2 Å². The van der Waals surface area contributed by atoms with E-state index in [2.05, 4.69) is 6.92 Å². The largest absolute Gasteiger partial charge is 0.396 e. The Morgan fingerprint density at radius 3 is 1.45 bits per heavy atom. The summed E-state index contributed by atoms with van der Waals surface area (Å²) in [6.07, 6.45) is 22.9. The normalized spacial score (nSPS) is 25.3. The fourth-order valence-electron chi connectivity index (χ4n) is 6.00. The van der Waals surface area contributed by atoms with E-state index in [1.807, 2.05) is 0 Å². The minimum absolute atomic E-state index is 0.0324. The molecule has 0 amide bonds. The van der Waals surface area contributed by atoms with Gasteiger partial charge in [-0.15, -0.1) is 0 Å². The summed E-state index contributed by atoms with van der Waals surface area (Å²) in [5.74, 6) is 0. The van der Waals surface area contributed by atoms with Crippen molar-refractivity contribution in [3.8, 4) is 0 Å². The summed E-state index contributed by atoms with van der Waals surface area (Å²) in [5, 5.41) is 9.06. The Morgan fingerprint density at radius 2 is 1.03 bits per heavy atom. The SMILES string of the molecule is CCCCCCCCCCCC[C@H](OCOC)[C@H]1CC[C@H]([C@H]2CC[C@H]([C@@H](CCCCCO)OCOC)O2)O1. The molecule has 226 valence electrons. The summed E-state index contributed by atoms with van der Waals surface area (Å²) >= 11 is 0. The predicted molar refractivity (Wildman–Crippen MR) is 151 cm³/mol. The number of ether oxygens (including phenoxy) is 6. The second kappa shape index (κ2) is 22.4. The lowest BCUT2D eigenvalue weighted by Gasteiger charge is -2.27. The van der Waals surface area contributed by atoms with Crippen molar-refractivity contribution < 1.29 is 33.5 Å². The molecule has 0 spiro atoms. The molecule has 2 heterocycles. The molecule has 2 rings (SSSR count). The maximum absolute atomic E-state index is 9.06. The Bertz CT molecular complexity index is 534. The number of methoxy groups -OCH3 is 2. The van der Waals surface area contributed by atoms with Gasteiger partial charge in [0.05, 0.1) is 36.6 Å². The summed E-state index contributed by atoms with van der Waals surface area (Å²) in [5.41, 5.74) is 0. The molecule has 1 N–H and O–H groups in total. The minimum atomic E-state index is 0.0324. The van der Waals surface area contributed by atoms with Crippen LogP contribution in [-0.4, -0.2) is 76.1 Å². The third kappa shape index (κ3) is 13.9. The van der Waals surface area contributed by atoms with E-state index < -0.39 is 0 Å². The molecule has 0 unspecified atom stereocenters. The first kappa shape index (κ1) is 33.9. The maximum atomic E-state index is 9.06. The minimum Gasteiger partial charge on any atom is -0.396 e. The van der Waals surface area contributed by atoms with Gasteiger partial charge in [-0.2, -0.15) is 0 Å². The lowest BCUT2D eigenvalue weighted by molar-refractivity contribution is -0.158. The molecule has 0 aromatic heterocycles. The van der Waals surface area contributed by atoms with Crippen molar-refractivity contribution in [2.24, 2.45) is 0 Å². The molecule has 6 atom stereocenters. The first-order valence-electron chi connectivity index (χ1n) is 15.9. The zero-order chi connectivity index (χ0) is 27.3. The van der Waals surface area contributed by atoms with Gasteiger partial charge in [0.1, 0.15) is 13.6 Å². The van der Waals surface area contributed by atoms with Crippen LogP contribution in [0.5, 0.6) is 0 Å². The van der Waals surface area contributed by atoms with Gasteiger partial charge in [-0.05, 0) is 44.9 Å². The lowest BCUT2D eigenvalue weighted by Crippen LogP contribution is -2.35. The van der Waals surface area contributed by atoms with Gasteiger partial charge in [-0.1, -0.05) is 84.0 Å². The fourth-order valence-corrected chi connectivity index (χ4v) is 6.00. The molecule has 0 radical (unpaired) electrons.